The van der Waals surface area contributed by atoms with Crippen molar-refractivity contribution in [1.29, 1.82) is 0 Å². The summed E-state index contributed by atoms with van der Waals surface area (Å²) in [5, 5.41) is 27.6. The lowest BCUT2D eigenvalue weighted by molar-refractivity contribution is -0.146. The standard InChI is InChI=1S/C21H33N6O8P/c1-4-13(5-2)9-33-20(30)12(3)26-36(32)34-10-17(35-21(23)31)18(29)16(28)8-14-6-7-15-19(22)24-11-25-27(14)15/h6-7,11-13,16-18,28-29H,4-5,8-10H2,1-3H3,(H4-,22,23,24,25,26,31,32)/p+1/t12-,16-,17+,18-/m0/s1. The Hall–Kier alpha value is -2.90. The van der Waals surface area contributed by atoms with Gasteiger partial charge in [0.05, 0.1) is 12.7 Å². The summed E-state index contributed by atoms with van der Waals surface area (Å²) in [6, 6.07) is 2.35. The lowest BCUT2D eigenvalue weighted by Gasteiger charge is -2.24. The minimum absolute atomic E-state index is 0.103. The molecule has 2 rings (SSSR count). The number of aromatic nitrogens is 3. The van der Waals surface area contributed by atoms with Crippen LogP contribution in [0.5, 0.6) is 0 Å². The minimum atomic E-state index is -2.62. The Labute approximate surface area is 209 Å². The van der Waals surface area contributed by atoms with Crippen LogP contribution in [0.15, 0.2) is 18.5 Å². The average Bonchev–Trinajstić information content (AvgIpc) is 3.25. The lowest BCUT2D eigenvalue weighted by Crippen LogP contribution is -2.44. The van der Waals surface area contributed by atoms with Crippen molar-refractivity contribution in [3.05, 3.63) is 24.2 Å². The van der Waals surface area contributed by atoms with Crippen molar-refractivity contribution in [3.8, 4) is 0 Å². The number of amides is 1. The van der Waals surface area contributed by atoms with Gasteiger partial charge in [-0.15, -0.1) is 4.52 Å². The van der Waals surface area contributed by atoms with Crippen molar-refractivity contribution in [2.24, 2.45) is 11.7 Å². The molecule has 2 aromatic rings. The average molecular weight is 530 g/mol. The van der Waals surface area contributed by atoms with Gasteiger partial charge >= 0.3 is 20.2 Å². The largest absolute Gasteiger partial charge is 0.613 e. The van der Waals surface area contributed by atoms with Crippen molar-refractivity contribution in [3.63, 3.8) is 0 Å². The number of nitrogens with two attached hydrogens (primary N) is 2. The molecule has 0 saturated carbocycles. The highest BCUT2D eigenvalue weighted by molar-refractivity contribution is 7.36. The third-order valence-electron chi connectivity index (χ3n) is 5.65. The molecule has 0 bridgehead atoms. The Morgan fingerprint density at radius 1 is 1.22 bits per heavy atom. The van der Waals surface area contributed by atoms with Crippen molar-refractivity contribution >= 4 is 31.6 Å². The van der Waals surface area contributed by atoms with Crippen molar-refractivity contribution < 1.29 is 38.4 Å². The molecule has 1 amide bonds. The number of carbonyl (C=O) groups is 2. The van der Waals surface area contributed by atoms with E-state index in [1.807, 2.05) is 13.8 Å². The van der Waals surface area contributed by atoms with Crippen LogP contribution in [-0.4, -0.2) is 74.4 Å². The van der Waals surface area contributed by atoms with E-state index in [0.717, 1.165) is 12.8 Å². The highest BCUT2D eigenvalue weighted by Crippen LogP contribution is 2.22. The summed E-state index contributed by atoms with van der Waals surface area (Å²) < 4.78 is 28.9. The number of nitrogens with zero attached hydrogens (tertiary/aromatic N) is 3. The van der Waals surface area contributed by atoms with E-state index in [-0.39, 0.29) is 24.8 Å². The second kappa shape index (κ2) is 14.0. The summed E-state index contributed by atoms with van der Waals surface area (Å²) in [7, 11) is -2.62. The molecule has 7 N–H and O–H groups in total. The Bertz CT molecular complexity index is 1030. The molecule has 0 aliphatic carbocycles. The van der Waals surface area contributed by atoms with E-state index in [0.29, 0.717) is 11.2 Å². The quantitative estimate of drug-likeness (QED) is 0.159. The van der Waals surface area contributed by atoms with E-state index < -0.39 is 51.2 Å². The summed E-state index contributed by atoms with van der Waals surface area (Å²) >= 11 is 0. The molecule has 5 atom stereocenters. The monoisotopic (exact) mass is 529 g/mol. The lowest BCUT2D eigenvalue weighted by atomic mass is 10.0. The number of esters is 1. The van der Waals surface area contributed by atoms with Gasteiger partial charge in [0, 0.05) is 12.1 Å². The number of anilines is 1. The number of carbonyl (C=O) groups excluding carboxylic acids is 2. The van der Waals surface area contributed by atoms with Crippen LogP contribution >= 0.6 is 8.18 Å². The Morgan fingerprint density at radius 2 is 1.92 bits per heavy atom. The van der Waals surface area contributed by atoms with Gasteiger partial charge in [0.1, 0.15) is 30.6 Å². The first-order valence-electron chi connectivity index (χ1n) is 11.5. The normalized spacial score (nSPS) is 15.3. The zero-order valence-electron chi connectivity index (χ0n) is 20.4. The van der Waals surface area contributed by atoms with Gasteiger partial charge in [0.15, 0.2) is 11.9 Å². The molecule has 0 saturated heterocycles. The molecular weight excluding hydrogens is 495 g/mol. The minimum Gasteiger partial charge on any atom is -0.464 e. The van der Waals surface area contributed by atoms with Gasteiger partial charge in [-0.2, -0.15) is 5.10 Å². The molecule has 0 fully saturated rings. The van der Waals surface area contributed by atoms with E-state index in [2.05, 4.69) is 15.2 Å². The summed E-state index contributed by atoms with van der Waals surface area (Å²) in [6.45, 7) is 5.12. The third-order valence-corrected chi connectivity index (χ3v) is 6.63. The van der Waals surface area contributed by atoms with Gasteiger partial charge in [-0.25, -0.2) is 14.3 Å². The molecule has 1 unspecified atom stereocenters. The van der Waals surface area contributed by atoms with Gasteiger partial charge in [0.25, 0.3) is 0 Å². The predicted octanol–water partition coefficient (Wildman–Crippen LogP) is 0.671. The zero-order valence-corrected chi connectivity index (χ0v) is 21.3. The van der Waals surface area contributed by atoms with Gasteiger partial charge in [0.2, 0.25) is 0 Å². The predicted molar refractivity (Wildman–Crippen MR) is 129 cm³/mol. The van der Waals surface area contributed by atoms with Crippen LogP contribution in [0.4, 0.5) is 10.6 Å². The van der Waals surface area contributed by atoms with Crippen molar-refractivity contribution in [2.45, 2.75) is 64.4 Å². The molecule has 0 radical (unpaired) electrons. The Kier molecular flexibility index (Phi) is 11.4. The number of rotatable bonds is 15. The summed E-state index contributed by atoms with van der Waals surface area (Å²) in [4.78, 5) is 27.3. The van der Waals surface area contributed by atoms with E-state index in [4.69, 9.17) is 25.5 Å². The van der Waals surface area contributed by atoms with Crippen molar-refractivity contribution in [1.82, 2.24) is 19.7 Å². The molecule has 0 aliphatic rings. The van der Waals surface area contributed by atoms with E-state index >= 15 is 0 Å². The zero-order chi connectivity index (χ0) is 26.8. The maximum absolute atomic E-state index is 12.3. The van der Waals surface area contributed by atoms with Crippen LogP contribution in [0, 0.1) is 5.92 Å². The van der Waals surface area contributed by atoms with Gasteiger partial charge < -0.3 is 31.2 Å². The molecule has 2 heterocycles. The number of ether oxygens (including phenoxy) is 2. The Balaban J connectivity index is 1.93. The van der Waals surface area contributed by atoms with Crippen LogP contribution in [0.2, 0.25) is 0 Å². The molecule has 15 heteroatoms. The number of aliphatic hydroxyl groups excluding tert-OH is 2. The van der Waals surface area contributed by atoms with Crippen molar-refractivity contribution in [2.75, 3.05) is 18.9 Å². The molecule has 0 spiro atoms. The van der Waals surface area contributed by atoms with E-state index in [1.54, 1.807) is 12.1 Å². The molecule has 36 heavy (non-hydrogen) atoms. The molecule has 0 aliphatic heterocycles. The number of hydrogen-bond donors (Lipinski definition) is 5. The van der Waals surface area contributed by atoms with Crippen LogP contribution in [-0.2, 0) is 29.8 Å². The number of hydrogen-bond acceptors (Lipinski definition) is 11. The highest BCUT2D eigenvalue weighted by atomic mass is 31.1. The SMILES string of the molecule is CCC(CC)COC(=O)[C@H](C)N[P+](=O)OC[C@@H](OC(N)=O)[C@@H](O)[C@@H](O)Cc1ccc2c(N)ncnn12. The molecule has 200 valence electrons. The van der Waals surface area contributed by atoms with Crippen LogP contribution in [0.1, 0.15) is 39.3 Å². The molecule has 2 aromatic heterocycles. The second-order valence-electron chi connectivity index (χ2n) is 8.22. The van der Waals surface area contributed by atoms with Crippen LogP contribution in [0.3, 0.4) is 0 Å². The number of nitrogens with one attached hydrogen (secondary N) is 1. The molecular formula is C21H34N6O8P+. The summed E-state index contributed by atoms with van der Waals surface area (Å²) in [5.74, 6) is -0.127. The third kappa shape index (κ3) is 8.35. The first-order valence-corrected chi connectivity index (χ1v) is 12.7. The first kappa shape index (κ1) is 29.3. The highest BCUT2D eigenvalue weighted by Gasteiger charge is 2.35. The number of nitrogen functional groups attached to an aromatic ring is 1. The van der Waals surface area contributed by atoms with E-state index in [1.165, 1.54) is 17.8 Å². The Morgan fingerprint density at radius 3 is 2.56 bits per heavy atom. The maximum Gasteiger partial charge on any atom is 0.613 e. The fraction of sp³-hybridized carbons (Fsp3) is 0.619. The van der Waals surface area contributed by atoms with Gasteiger partial charge in [-0.1, -0.05) is 31.8 Å². The molecule has 14 nitrogen and oxygen atoms in total. The van der Waals surface area contributed by atoms with Crippen LogP contribution < -0.4 is 16.6 Å². The number of aliphatic hydroxyl groups is 2. The van der Waals surface area contributed by atoms with Gasteiger partial charge in [-0.3, -0.25) is 4.79 Å². The number of primary amides is 1. The van der Waals surface area contributed by atoms with Gasteiger partial charge in [-0.05, 0) is 29.5 Å². The number of fused-ring (bicyclic) bond motifs is 1. The second-order valence-corrected chi connectivity index (χ2v) is 9.25. The topological polar surface area (TPSA) is 214 Å². The fourth-order valence-electron chi connectivity index (χ4n) is 3.33. The van der Waals surface area contributed by atoms with Crippen LogP contribution in [0.25, 0.3) is 5.52 Å². The fourth-order valence-corrected chi connectivity index (χ4v) is 4.11. The first-order chi connectivity index (χ1) is 17.1. The molecule has 0 aromatic carbocycles. The maximum atomic E-state index is 12.3. The van der Waals surface area contributed by atoms with E-state index in [9.17, 15) is 24.4 Å². The smallest absolute Gasteiger partial charge is 0.464 e. The summed E-state index contributed by atoms with van der Waals surface area (Å²) in [6.07, 6.45) is -2.93. The summed E-state index contributed by atoms with van der Waals surface area (Å²) in [5.41, 5.74) is 11.9.